The molecule has 2 N–H and O–H groups in total. The van der Waals surface area contributed by atoms with Crippen molar-refractivity contribution in [3.8, 4) is 0 Å². The van der Waals surface area contributed by atoms with Crippen LogP contribution in [-0.2, 0) is 13.1 Å². The third-order valence-electron chi connectivity index (χ3n) is 4.43. The highest BCUT2D eigenvalue weighted by atomic mass is 127. The number of guanidine groups is 1. The van der Waals surface area contributed by atoms with Crippen LogP contribution < -0.4 is 10.6 Å². The number of rotatable bonds is 9. The Morgan fingerprint density at radius 3 is 2.50 bits per heavy atom. The monoisotopic (exact) mass is 469 g/mol. The molecule has 6 heteroatoms. The fourth-order valence-corrected chi connectivity index (χ4v) is 2.73. The molecule has 144 valence electrons. The van der Waals surface area contributed by atoms with Crippen molar-refractivity contribution in [2.45, 2.75) is 46.7 Å². The number of hydrogen-bond acceptors (Lipinski definition) is 2. The molecule has 0 amide bonds. The van der Waals surface area contributed by atoms with Gasteiger partial charge in [-0.2, -0.15) is 0 Å². The van der Waals surface area contributed by atoms with Crippen LogP contribution in [0, 0.1) is 5.92 Å². The average Bonchev–Trinajstić information content (AvgIpc) is 3.08. The lowest BCUT2D eigenvalue weighted by molar-refractivity contribution is 0.481. The van der Waals surface area contributed by atoms with Gasteiger partial charge in [0.2, 0.25) is 0 Å². The Kier molecular flexibility index (Phi) is 11.0. The van der Waals surface area contributed by atoms with Crippen molar-refractivity contribution in [2.75, 3.05) is 13.1 Å². The Labute approximate surface area is 174 Å². The summed E-state index contributed by atoms with van der Waals surface area (Å²) in [7, 11) is 0. The second kappa shape index (κ2) is 12.7. The molecule has 0 saturated carbocycles. The molecule has 0 aliphatic heterocycles. The highest BCUT2D eigenvalue weighted by molar-refractivity contribution is 14.0. The minimum atomic E-state index is 0. The maximum atomic E-state index is 4.71. The van der Waals surface area contributed by atoms with Crippen molar-refractivity contribution in [2.24, 2.45) is 10.9 Å². The SMILES string of the molecule is CCNC(=NCc1nccn1Cc1ccccc1)NCC(CC)CC.I. The van der Waals surface area contributed by atoms with Gasteiger partial charge in [0.05, 0.1) is 0 Å². The number of aromatic nitrogens is 2. The van der Waals surface area contributed by atoms with E-state index in [0.29, 0.717) is 12.5 Å². The largest absolute Gasteiger partial charge is 0.357 e. The highest BCUT2D eigenvalue weighted by Crippen LogP contribution is 2.07. The summed E-state index contributed by atoms with van der Waals surface area (Å²) >= 11 is 0. The molecule has 2 aromatic rings. The van der Waals surface area contributed by atoms with Crippen LogP contribution >= 0.6 is 24.0 Å². The molecule has 5 nitrogen and oxygen atoms in total. The molecule has 2 rings (SSSR count). The first-order valence-corrected chi connectivity index (χ1v) is 9.32. The molecule has 0 unspecified atom stereocenters. The van der Waals surface area contributed by atoms with E-state index in [1.165, 1.54) is 18.4 Å². The number of benzene rings is 1. The minimum Gasteiger partial charge on any atom is -0.357 e. The van der Waals surface area contributed by atoms with E-state index in [4.69, 9.17) is 4.99 Å². The molecule has 26 heavy (non-hydrogen) atoms. The predicted molar refractivity (Wildman–Crippen MR) is 120 cm³/mol. The summed E-state index contributed by atoms with van der Waals surface area (Å²) in [5.41, 5.74) is 1.27. The summed E-state index contributed by atoms with van der Waals surface area (Å²) in [6, 6.07) is 10.4. The Balaban J connectivity index is 0.00000338. The van der Waals surface area contributed by atoms with Crippen molar-refractivity contribution in [3.05, 3.63) is 54.1 Å². The molecule has 1 aromatic heterocycles. The van der Waals surface area contributed by atoms with Crippen molar-refractivity contribution >= 4 is 29.9 Å². The van der Waals surface area contributed by atoms with Gasteiger partial charge in [-0.05, 0) is 18.4 Å². The summed E-state index contributed by atoms with van der Waals surface area (Å²) in [5.74, 6) is 2.52. The topological polar surface area (TPSA) is 54.2 Å². The number of imidazole rings is 1. The van der Waals surface area contributed by atoms with Crippen LogP contribution in [0.25, 0.3) is 0 Å². The zero-order chi connectivity index (χ0) is 17.9. The van der Waals surface area contributed by atoms with E-state index in [-0.39, 0.29) is 24.0 Å². The molecule has 1 heterocycles. The molecule has 0 aliphatic rings. The minimum absolute atomic E-state index is 0. The summed E-state index contributed by atoms with van der Waals surface area (Å²) in [4.78, 5) is 9.18. The molecule has 0 bridgehead atoms. The molecular formula is C20H32IN5. The van der Waals surface area contributed by atoms with Crippen molar-refractivity contribution in [1.82, 2.24) is 20.2 Å². The van der Waals surface area contributed by atoms with Crippen LogP contribution in [0.4, 0.5) is 0 Å². The maximum Gasteiger partial charge on any atom is 0.191 e. The molecule has 0 saturated heterocycles. The van der Waals surface area contributed by atoms with Gasteiger partial charge in [-0.25, -0.2) is 9.98 Å². The lowest BCUT2D eigenvalue weighted by Gasteiger charge is -2.16. The fraction of sp³-hybridized carbons (Fsp3) is 0.500. The van der Waals surface area contributed by atoms with Crippen molar-refractivity contribution in [1.29, 1.82) is 0 Å². The predicted octanol–water partition coefficient (Wildman–Crippen LogP) is 4.04. The van der Waals surface area contributed by atoms with Gasteiger partial charge >= 0.3 is 0 Å². The van der Waals surface area contributed by atoms with Gasteiger partial charge in [0.1, 0.15) is 12.4 Å². The van der Waals surface area contributed by atoms with E-state index in [1.807, 2.05) is 18.5 Å². The van der Waals surface area contributed by atoms with Gasteiger partial charge in [-0.3, -0.25) is 0 Å². The average molecular weight is 469 g/mol. The summed E-state index contributed by atoms with van der Waals surface area (Å²) < 4.78 is 2.16. The lowest BCUT2D eigenvalue weighted by Crippen LogP contribution is -2.39. The molecule has 0 aliphatic carbocycles. The van der Waals surface area contributed by atoms with E-state index in [2.05, 4.69) is 65.2 Å². The van der Waals surface area contributed by atoms with Crippen LogP contribution in [0.15, 0.2) is 47.7 Å². The molecule has 1 aromatic carbocycles. The summed E-state index contributed by atoms with van der Waals surface area (Å²) in [6.45, 7) is 9.76. The maximum absolute atomic E-state index is 4.71. The number of nitrogens with one attached hydrogen (secondary N) is 2. The second-order valence-corrected chi connectivity index (χ2v) is 6.22. The van der Waals surface area contributed by atoms with Crippen LogP contribution in [0.5, 0.6) is 0 Å². The third-order valence-corrected chi connectivity index (χ3v) is 4.43. The van der Waals surface area contributed by atoms with Gasteiger partial charge in [-0.1, -0.05) is 57.0 Å². The Hall–Kier alpha value is -1.57. The zero-order valence-electron chi connectivity index (χ0n) is 16.1. The lowest BCUT2D eigenvalue weighted by atomic mass is 10.0. The quantitative estimate of drug-likeness (QED) is 0.331. The number of hydrogen-bond donors (Lipinski definition) is 2. The van der Waals surface area contributed by atoms with E-state index in [1.54, 1.807) is 0 Å². The first-order chi connectivity index (χ1) is 12.3. The third kappa shape index (κ3) is 7.35. The molecule has 0 spiro atoms. The van der Waals surface area contributed by atoms with Gasteiger partial charge in [-0.15, -0.1) is 24.0 Å². The molecular weight excluding hydrogens is 437 g/mol. The molecule has 0 atom stereocenters. The van der Waals surface area contributed by atoms with E-state index in [0.717, 1.165) is 31.4 Å². The zero-order valence-corrected chi connectivity index (χ0v) is 18.4. The van der Waals surface area contributed by atoms with Crippen molar-refractivity contribution in [3.63, 3.8) is 0 Å². The van der Waals surface area contributed by atoms with Crippen LogP contribution in [-0.4, -0.2) is 28.6 Å². The van der Waals surface area contributed by atoms with Gasteiger partial charge < -0.3 is 15.2 Å². The highest BCUT2D eigenvalue weighted by Gasteiger charge is 2.06. The van der Waals surface area contributed by atoms with E-state index < -0.39 is 0 Å². The second-order valence-electron chi connectivity index (χ2n) is 6.22. The standard InChI is InChI=1S/C20H31N5.HI/c1-4-17(5-2)14-23-20(21-6-3)24-15-19-22-12-13-25(19)16-18-10-8-7-9-11-18;/h7-13,17H,4-6,14-16H2,1-3H3,(H2,21,23,24);1H. The molecule has 0 radical (unpaired) electrons. The van der Waals surface area contributed by atoms with Gasteiger partial charge in [0.25, 0.3) is 0 Å². The van der Waals surface area contributed by atoms with Gasteiger partial charge in [0.15, 0.2) is 5.96 Å². The smallest absolute Gasteiger partial charge is 0.191 e. The van der Waals surface area contributed by atoms with Crippen LogP contribution in [0.2, 0.25) is 0 Å². The number of aliphatic imine (C=N–C) groups is 1. The summed E-state index contributed by atoms with van der Waals surface area (Å²) in [6.07, 6.45) is 6.23. The van der Waals surface area contributed by atoms with Crippen LogP contribution in [0.3, 0.4) is 0 Å². The Morgan fingerprint density at radius 2 is 1.85 bits per heavy atom. The van der Waals surface area contributed by atoms with Gasteiger partial charge in [0, 0.05) is 32.0 Å². The number of halogens is 1. The Bertz CT molecular complexity index is 635. The summed E-state index contributed by atoms with van der Waals surface area (Å²) in [5, 5.41) is 6.78. The first-order valence-electron chi connectivity index (χ1n) is 9.32. The van der Waals surface area contributed by atoms with E-state index >= 15 is 0 Å². The van der Waals surface area contributed by atoms with Crippen molar-refractivity contribution < 1.29 is 0 Å². The fourth-order valence-electron chi connectivity index (χ4n) is 2.73. The Morgan fingerprint density at radius 1 is 1.12 bits per heavy atom. The van der Waals surface area contributed by atoms with E-state index in [9.17, 15) is 0 Å². The normalized spacial score (nSPS) is 11.3. The number of nitrogens with zero attached hydrogens (tertiary/aromatic N) is 3. The molecule has 0 fully saturated rings. The van der Waals surface area contributed by atoms with Crippen LogP contribution in [0.1, 0.15) is 45.0 Å². The first kappa shape index (κ1) is 22.5.